The molecular weight excluding hydrogens is 245 g/mol. The van der Waals surface area contributed by atoms with E-state index in [2.05, 4.69) is 10.3 Å². The number of rotatable bonds is 4. The molecule has 4 nitrogen and oxygen atoms in total. The molecule has 0 saturated carbocycles. The lowest BCUT2D eigenvalue weighted by Gasteiger charge is -2.09. The Morgan fingerprint density at radius 2 is 2.29 bits per heavy atom. The van der Waals surface area contributed by atoms with Crippen LogP contribution in [0, 0.1) is 5.82 Å². The Kier molecular flexibility index (Phi) is 3.58. The molecule has 0 spiro atoms. The molecule has 0 bridgehead atoms. The number of halogens is 2. The van der Waals surface area contributed by atoms with Gasteiger partial charge in [0.1, 0.15) is 12.3 Å². The second-order valence-electron chi connectivity index (χ2n) is 3.53. The highest BCUT2D eigenvalue weighted by Crippen LogP contribution is 2.24. The van der Waals surface area contributed by atoms with Crippen LogP contribution in [0.25, 0.3) is 0 Å². The summed E-state index contributed by atoms with van der Waals surface area (Å²) in [6.07, 6.45) is 1.71. The van der Waals surface area contributed by atoms with Gasteiger partial charge in [-0.2, -0.15) is 0 Å². The average molecular weight is 256 g/mol. The highest BCUT2D eigenvalue weighted by molar-refractivity contribution is 6.17. The van der Waals surface area contributed by atoms with Gasteiger partial charge in [0.15, 0.2) is 11.6 Å². The van der Waals surface area contributed by atoms with Crippen LogP contribution in [-0.4, -0.2) is 15.0 Å². The van der Waals surface area contributed by atoms with Crippen LogP contribution in [0.1, 0.15) is 11.3 Å². The quantitative estimate of drug-likeness (QED) is 0.787. The van der Waals surface area contributed by atoms with E-state index in [0.29, 0.717) is 11.3 Å². The topological polar surface area (TPSA) is 39.9 Å². The Morgan fingerprint density at radius 3 is 2.94 bits per heavy atom. The predicted octanol–water partition coefficient (Wildman–Crippen LogP) is 2.27. The van der Waals surface area contributed by atoms with E-state index in [0.717, 1.165) is 0 Å². The SMILES string of the molecule is Cn1cc(COc2c(F)cccc2CCl)nn1. The first-order valence-electron chi connectivity index (χ1n) is 5.02. The molecule has 2 aromatic rings. The lowest BCUT2D eigenvalue weighted by atomic mass is 10.2. The van der Waals surface area contributed by atoms with Gasteiger partial charge in [0.2, 0.25) is 0 Å². The number of hydrogen-bond donors (Lipinski definition) is 0. The minimum Gasteiger partial charge on any atom is -0.484 e. The predicted molar refractivity (Wildman–Crippen MR) is 61.3 cm³/mol. The molecule has 1 heterocycles. The molecule has 6 heteroatoms. The summed E-state index contributed by atoms with van der Waals surface area (Å²) in [6.45, 7) is 0.165. The van der Waals surface area contributed by atoms with Crippen LogP contribution < -0.4 is 4.74 Å². The van der Waals surface area contributed by atoms with Crippen molar-refractivity contribution in [2.45, 2.75) is 12.5 Å². The smallest absolute Gasteiger partial charge is 0.165 e. The zero-order valence-corrected chi connectivity index (χ0v) is 9.99. The van der Waals surface area contributed by atoms with Crippen LogP contribution in [0.4, 0.5) is 4.39 Å². The third-order valence-corrected chi connectivity index (χ3v) is 2.49. The van der Waals surface area contributed by atoms with Crippen molar-refractivity contribution < 1.29 is 9.13 Å². The third kappa shape index (κ3) is 2.74. The molecule has 17 heavy (non-hydrogen) atoms. The lowest BCUT2D eigenvalue weighted by Crippen LogP contribution is -2.00. The normalized spacial score (nSPS) is 10.5. The molecule has 0 unspecified atom stereocenters. The van der Waals surface area contributed by atoms with Crippen molar-refractivity contribution >= 4 is 11.6 Å². The van der Waals surface area contributed by atoms with Crippen molar-refractivity contribution in [3.8, 4) is 5.75 Å². The van der Waals surface area contributed by atoms with E-state index < -0.39 is 5.82 Å². The van der Waals surface area contributed by atoms with Crippen molar-refractivity contribution in [1.82, 2.24) is 15.0 Å². The van der Waals surface area contributed by atoms with Crippen molar-refractivity contribution in [2.24, 2.45) is 7.05 Å². The fraction of sp³-hybridized carbons (Fsp3) is 0.273. The first-order valence-corrected chi connectivity index (χ1v) is 5.55. The molecule has 0 saturated heterocycles. The average Bonchev–Trinajstić information content (AvgIpc) is 2.73. The Balaban J connectivity index is 2.13. The summed E-state index contributed by atoms with van der Waals surface area (Å²) in [5, 5.41) is 7.61. The molecule has 0 aliphatic rings. The van der Waals surface area contributed by atoms with E-state index in [9.17, 15) is 4.39 Å². The van der Waals surface area contributed by atoms with Gasteiger partial charge in [-0.3, -0.25) is 4.68 Å². The summed E-state index contributed by atoms with van der Waals surface area (Å²) < 4.78 is 20.5. The highest BCUT2D eigenvalue weighted by Gasteiger charge is 2.10. The molecule has 0 N–H and O–H groups in total. The van der Waals surface area contributed by atoms with Gasteiger partial charge in [0.05, 0.1) is 12.1 Å². The number of ether oxygens (including phenoxy) is 1. The molecule has 1 aromatic carbocycles. The van der Waals surface area contributed by atoms with Crippen LogP contribution >= 0.6 is 11.6 Å². The molecule has 0 aliphatic heterocycles. The van der Waals surface area contributed by atoms with Crippen molar-refractivity contribution in [3.63, 3.8) is 0 Å². The van der Waals surface area contributed by atoms with Crippen molar-refractivity contribution in [2.75, 3.05) is 0 Å². The Hall–Kier alpha value is -1.62. The van der Waals surface area contributed by atoms with Crippen LogP contribution in [0.3, 0.4) is 0 Å². The van der Waals surface area contributed by atoms with Gasteiger partial charge < -0.3 is 4.74 Å². The van der Waals surface area contributed by atoms with Gasteiger partial charge in [-0.25, -0.2) is 4.39 Å². The Bertz CT molecular complexity index is 515. The molecule has 2 rings (SSSR count). The van der Waals surface area contributed by atoms with Gasteiger partial charge in [-0.05, 0) is 6.07 Å². The summed E-state index contributed by atoms with van der Waals surface area (Å²) in [5.41, 5.74) is 1.26. The van der Waals surface area contributed by atoms with Gasteiger partial charge in [0, 0.05) is 12.6 Å². The molecule has 0 amide bonds. The molecule has 0 aliphatic carbocycles. The standard InChI is InChI=1S/C11H11ClFN3O/c1-16-6-9(14-15-16)7-17-11-8(5-12)3-2-4-10(11)13/h2-4,6H,5,7H2,1H3. The number of aromatic nitrogens is 3. The molecule has 0 fully saturated rings. The number of para-hydroxylation sites is 1. The zero-order chi connectivity index (χ0) is 12.3. The minimum absolute atomic E-state index is 0.165. The van der Waals surface area contributed by atoms with E-state index in [1.54, 1.807) is 30.1 Å². The van der Waals surface area contributed by atoms with E-state index in [4.69, 9.17) is 16.3 Å². The van der Waals surface area contributed by atoms with Gasteiger partial charge in [-0.15, -0.1) is 16.7 Å². The fourth-order valence-electron chi connectivity index (χ4n) is 1.43. The molecular formula is C11H11ClFN3O. The summed E-state index contributed by atoms with van der Waals surface area (Å²) in [6, 6.07) is 4.66. The van der Waals surface area contributed by atoms with Gasteiger partial charge >= 0.3 is 0 Å². The van der Waals surface area contributed by atoms with Gasteiger partial charge in [0.25, 0.3) is 0 Å². The maximum absolute atomic E-state index is 13.5. The van der Waals surface area contributed by atoms with E-state index in [1.165, 1.54) is 6.07 Å². The van der Waals surface area contributed by atoms with E-state index in [-0.39, 0.29) is 18.2 Å². The monoisotopic (exact) mass is 255 g/mol. The summed E-state index contributed by atoms with van der Waals surface area (Å²) >= 11 is 5.71. The Morgan fingerprint density at radius 1 is 1.47 bits per heavy atom. The Labute approximate surface area is 103 Å². The lowest BCUT2D eigenvalue weighted by molar-refractivity contribution is 0.283. The number of hydrogen-bond acceptors (Lipinski definition) is 3. The molecule has 90 valence electrons. The number of benzene rings is 1. The fourth-order valence-corrected chi connectivity index (χ4v) is 1.64. The molecule has 0 atom stereocenters. The maximum Gasteiger partial charge on any atom is 0.165 e. The number of nitrogens with zero attached hydrogens (tertiary/aromatic N) is 3. The van der Waals surface area contributed by atoms with E-state index >= 15 is 0 Å². The maximum atomic E-state index is 13.5. The largest absolute Gasteiger partial charge is 0.484 e. The zero-order valence-electron chi connectivity index (χ0n) is 9.23. The number of aryl methyl sites for hydroxylation is 1. The summed E-state index contributed by atoms with van der Waals surface area (Å²) in [5.74, 6) is -0.0479. The second-order valence-corrected chi connectivity index (χ2v) is 3.80. The molecule has 1 aromatic heterocycles. The van der Waals surface area contributed by atoms with Crippen LogP contribution in [0.15, 0.2) is 24.4 Å². The van der Waals surface area contributed by atoms with Crippen LogP contribution in [-0.2, 0) is 19.5 Å². The molecule has 0 radical (unpaired) electrons. The van der Waals surface area contributed by atoms with Crippen LogP contribution in [0.5, 0.6) is 5.75 Å². The first kappa shape index (κ1) is 11.9. The van der Waals surface area contributed by atoms with Crippen molar-refractivity contribution in [3.05, 3.63) is 41.5 Å². The first-order chi connectivity index (χ1) is 8.20. The highest BCUT2D eigenvalue weighted by atomic mass is 35.5. The summed E-state index contributed by atoms with van der Waals surface area (Å²) in [4.78, 5) is 0. The van der Waals surface area contributed by atoms with Crippen LogP contribution in [0.2, 0.25) is 0 Å². The van der Waals surface area contributed by atoms with Crippen molar-refractivity contribution in [1.29, 1.82) is 0 Å². The second kappa shape index (κ2) is 5.14. The summed E-state index contributed by atoms with van der Waals surface area (Å²) in [7, 11) is 1.75. The van der Waals surface area contributed by atoms with E-state index in [1.807, 2.05) is 0 Å². The van der Waals surface area contributed by atoms with Gasteiger partial charge in [-0.1, -0.05) is 17.3 Å². The minimum atomic E-state index is -0.424. The number of alkyl halides is 1. The third-order valence-electron chi connectivity index (χ3n) is 2.21.